The summed E-state index contributed by atoms with van der Waals surface area (Å²) in [6, 6.07) is 14.5. The standard InChI is InChI=1S/C19H25ClN2O3S/c1-14(15-8-6-5-7-9-15)22-19(2,3)13-21-26(23,24)16-10-11-18(25-4)17(20)12-16/h5-12,14,21-22H,13H2,1-4H3. The van der Waals surface area contributed by atoms with Gasteiger partial charge in [0.25, 0.3) is 0 Å². The molecule has 0 aliphatic rings. The third-order valence-electron chi connectivity index (χ3n) is 4.04. The second-order valence-electron chi connectivity index (χ2n) is 6.78. The SMILES string of the molecule is COc1ccc(S(=O)(=O)NCC(C)(C)NC(C)c2ccccc2)cc1Cl. The molecule has 0 spiro atoms. The molecule has 0 aliphatic carbocycles. The summed E-state index contributed by atoms with van der Waals surface area (Å²) in [5.41, 5.74) is 0.698. The van der Waals surface area contributed by atoms with E-state index >= 15 is 0 Å². The van der Waals surface area contributed by atoms with Gasteiger partial charge < -0.3 is 10.1 Å². The maximum atomic E-state index is 12.5. The lowest BCUT2D eigenvalue weighted by Crippen LogP contribution is -2.49. The average molecular weight is 397 g/mol. The Morgan fingerprint density at radius 2 is 1.81 bits per heavy atom. The number of hydrogen-bond acceptors (Lipinski definition) is 4. The van der Waals surface area contributed by atoms with Gasteiger partial charge in [0, 0.05) is 18.1 Å². The number of nitrogens with one attached hydrogen (secondary N) is 2. The molecule has 0 aliphatic heterocycles. The summed E-state index contributed by atoms with van der Waals surface area (Å²) in [5.74, 6) is 0.435. The third kappa shape index (κ3) is 5.45. The lowest BCUT2D eigenvalue weighted by molar-refractivity contribution is 0.346. The molecule has 2 rings (SSSR count). The van der Waals surface area contributed by atoms with E-state index in [0.717, 1.165) is 5.56 Å². The molecule has 0 amide bonds. The van der Waals surface area contributed by atoms with Crippen molar-refractivity contribution in [1.82, 2.24) is 10.0 Å². The Bertz CT molecular complexity index is 839. The Balaban J connectivity index is 2.04. The van der Waals surface area contributed by atoms with Crippen LogP contribution in [0.3, 0.4) is 0 Å². The van der Waals surface area contributed by atoms with Crippen molar-refractivity contribution in [2.75, 3.05) is 13.7 Å². The van der Waals surface area contributed by atoms with Gasteiger partial charge in [-0.15, -0.1) is 0 Å². The molecule has 0 saturated carbocycles. The molecule has 0 fully saturated rings. The highest BCUT2D eigenvalue weighted by molar-refractivity contribution is 7.89. The van der Waals surface area contributed by atoms with E-state index < -0.39 is 15.6 Å². The first-order chi connectivity index (χ1) is 12.1. The lowest BCUT2D eigenvalue weighted by atomic mass is 10.0. The molecule has 0 radical (unpaired) electrons. The molecule has 2 aromatic rings. The Morgan fingerprint density at radius 3 is 2.38 bits per heavy atom. The van der Waals surface area contributed by atoms with E-state index in [1.54, 1.807) is 0 Å². The zero-order chi connectivity index (χ0) is 19.4. The average Bonchev–Trinajstić information content (AvgIpc) is 2.60. The van der Waals surface area contributed by atoms with Gasteiger partial charge in [0.1, 0.15) is 5.75 Å². The molecule has 2 N–H and O–H groups in total. The minimum atomic E-state index is -3.67. The molecule has 0 bridgehead atoms. The van der Waals surface area contributed by atoms with Crippen LogP contribution in [-0.4, -0.2) is 27.6 Å². The van der Waals surface area contributed by atoms with Gasteiger partial charge in [-0.2, -0.15) is 0 Å². The molecule has 0 heterocycles. The predicted molar refractivity (Wildman–Crippen MR) is 105 cm³/mol. The fraction of sp³-hybridized carbons (Fsp3) is 0.368. The van der Waals surface area contributed by atoms with E-state index in [2.05, 4.69) is 17.0 Å². The first kappa shape index (κ1) is 20.7. The number of benzene rings is 2. The molecule has 0 saturated heterocycles. The fourth-order valence-corrected chi connectivity index (χ4v) is 4.20. The van der Waals surface area contributed by atoms with Crippen LogP contribution in [0.4, 0.5) is 0 Å². The molecule has 26 heavy (non-hydrogen) atoms. The topological polar surface area (TPSA) is 67.4 Å². The first-order valence-electron chi connectivity index (χ1n) is 8.30. The largest absolute Gasteiger partial charge is 0.495 e. The summed E-state index contributed by atoms with van der Waals surface area (Å²) in [6.07, 6.45) is 0. The minimum Gasteiger partial charge on any atom is -0.495 e. The van der Waals surface area contributed by atoms with E-state index in [-0.39, 0.29) is 22.5 Å². The molecular formula is C19H25ClN2O3S. The summed E-state index contributed by atoms with van der Waals surface area (Å²) in [6.45, 7) is 6.19. The van der Waals surface area contributed by atoms with Crippen molar-refractivity contribution < 1.29 is 13.2 Å². The fourth-order valence-electron chi connectivity index (χ4n) is 2.64. The van der Waals surface area contributed by atoms with Crippen molar-refractivity contribution in [2.24, 2.45) is 0 Å². The smallest absolute Gasteiger partial charge is 0.240 e. The van der Waals surface area contributed by atoms with Gasteiger partial charge in [-0.05, 0) is 44.5 Å². The monoisotopic (exact) mass is 396 g/mol. The Morgan fingerprint density at radius 1 is 1.15 bits per heavy atom. The predicted octanol–water partition coefficient (Wildman–Crippen LogP) is 3.76. The van der Waals surface area contributed by atoms with Crippen LogP contribution < -0.4 is 14.8 Å². The highest BCUT2D eigenvalue weighted by atomic mass is 35.5. The van der Waals surface area contributed by atoms with Crippen molar-refractivity contribution in [1.29, 1.82) is 0 Å². The number of sulfonamides is 1. The molecule has 1 unspecified atom stereocenters. The van der Waals surface area contributed by atoms with Gasteiger partial charge in [-0.1, -0.05) is 41.9 Å². The first-order valence-corrected chi connectivity index (χ1v) is 10.2. The van der Waals surface area contributed by atoms with E-state index in [0.29, 0.717) is 5.75 Å². The van der Waals surface area contributed by atoms with Crippen molar-refractivity contribution in [2.45, 2.75) is 37.2 Å². The molecule has 142 valence electrons. The van der Waals surface area contributed by atoms with Gasteiger partial charge >= 0.3 is 0 Å². The molecule has 7 heteroatoms. The van der Waals surface area contributed by atoms with Crippen LogP contribution >= 0.6 is 11.6 Å². The van der Waals surface area contributed by atoms with E-state index in [1.807, 2.05) is 44.2 Å². The molecule has 1 atom stereocenters. The van der Waals surface area contributed by atoms with Gasteiger partial charge in [0.2, 0.25) is 10.0 Å². The van der Waals surface area contributed by atoms with E-state index in [1.165, 1.54) is 25.3 Å². The van der Waals surface area contributed by atoms with Crippen molar-refractivity contribution >= 4 is 21.6 Å². The summed E-state index contributed by atoms with van der Waals surface area (Å²) in [7, 11) is -2.19. The van der Waals surface area contributed by atoms with Crippen LogP contribution in [0, 0.1) is 0 Å². The maximum absolute atomic E-state index is 12.5. The zero-order valence-electron chi connectivity index (χ0n) is 15.4. The van der Waals surface area contributed by atoms with Gasteiger partial charge in [-0.3, -0.25) is 0 Å². The van der Waals surface area contributed by atoms with E-state index in [4.69, 9.17) is 16.3 Å². The molecule has 2 aromatic carbocycles. The number of ether oxygens (including phenoxy) is 1. The van der Waals surface area contributed by atoms with Crippen LogP contribution in [0.5, 0.6) is 5.75 Å². The quantitative estimate of drug-likeness (QED) is 0.713. The summed E-state index contributed by atoms with van der Waals surface area (Å²) >= 11 is 6.03. The second-order valence-corrected chi connectivity index (χ2v) is 8.96. The molecular weight excluding hydrogens is 372 g/mol. The van der Waals surface area contributed by atoms with E-state index in [9.17, 15) is 8.42 Å². The summed E-state index contributed by atoms with van der Waals surface area (Å²) < 4.78 is 32.8. The number of methoxy groups -OCH3 is 1. The lowest BCUT2D eigenvalue weighted by Gasteiger charge is -2.30. The van der Waals surface area contributed by atoms with Crippen molar-refractivity contribution in [3.63, 3.8) is 0 Å². The van der Waals surface area contributed by atoms with Gasteiger partial charge in [-0.25, -0.2) is 13.1 Å². The van der Waals surface area contributed by atoms with Crippen LogP contribution in [0.25, 0.3) is 0 Å². The Labute approximate surface area is 160 Å². The second kappa shape index (κ2) is 8.39. The van der Waals surface area contributed by atoms with Crippen LogP contribution in [-0.2, 0) is 10.0 Å². The van der Waals surface area contributed by atoms with Crippen LogP contribution in [0.2, 0.25) is 5.02 Å². The molecule has 0 aromatic heterocycles. The van der Waals surface area contributed by atoms with Crippen LogP contribution in [0.15, 0.2) is 53.4 Å². The van der Waals surface area contributed by atoms with Crippen molar-refractivity contribution in [3.8, 4) is 5.75 Å². The highest BCUT2D eigenvalue weighted by Gasteiger charge is 2.24. The number of halogens is 1. The third-order valence-corrected chi connectivity index (χ3v) is 5.74. The summed E-state index contributed by atoms with van der Waals surface area (Å²) in [5, 5.41) is 3.71. The highest BCUT2D eigenvalue weighted by Crippen LogP contribution is 2.27. The number of rotatable bonds is 8. The normalized spacial score (nSPS) is 13.4. The molecule has 5 nitrogen and oxygen atoms in total. The van der Waals surface area contributed by atoms with Gasteiger partial charge in [0.05, 0.1) is 17.0 Å². The van der Waals surface area contributed by atoms with Gasteiger partial charge in [0.15, 0.2) is 0 Å². The zero-order valence-corrected chi connectivity index (χ0v) is 17.0. The Hall–Kier alpha value is -1.60. The minimum absolute atomic E-state index is 0.0890. The maximum Gasteiger partial charge on any atom is 0.240 e. The van der Waals surface area contributed by atoms with Crippen molar-refractivity contribution in [3.05, 3.63) is 59.1 Å². The number of hydrogen-bond donors (Lipinski definition) is 2. The summed E-state index contributed by atoms with van der Waals surface area (Å²) in [4.78, 5) is 0.107. The van der Waals surface area contributed by atoms with Crippen LogP contribution in [0.1, 0.15) is 32.4 Å². The Kier molecular flexibility index (Phi) is 6.69.